The first-order valence-electron chi connectivity index (χ1n) is 8.99. The van der Waals surface area contributed by atoms with Crippen LogP contribution in [0.15, 0.2) is 57.5 Å². The monoisotopic (exact) mass is 494 g/mol. The zero-order chi connectivity index (χ0) is 19.2. The van der Waals surface area contributed by atoms with Gasteiger partial charge < -0.3 is 4.74 Å². The van der Waals surface area contributed by atoms with Crippen LogP contribution in [-0.4, -0.2) is 11.9 Å². The van der Waals surface area contributed by atoms with Crippen molar-refractivity contribution in [2.75, 3.05) is 0 Å². The van der Waals surface area contributed by atoms with Crippen LogP contribution in [0, 0.1) is 0 Å². The van der Waals surface area contributed by atoms with E-state index in [0.717, 1.165) is 32.9 Å². The van der Waals surface area contributed by atoms with Crippen molar-refractivity contribution in [3.8, 4) is 11.1 Å². The molecule has 0 bridgehead atoms. The third-order valence-electron chi connectivity index (χ3n) is 6.23. The second-order valence-corrected chi connectivity index (χ2v) is 9.49. The molecule has 28 heavy (non-hydrogen) atoms. The van der Waals surface area contributed by atoms with E-state index in [2.05, 4.69) is 68.3 Å². The van der Waals surface area contributed by atoms with Crippen molar-refractivity contribution >= 4 is 43.8 Å². The van der Waals surface area contributed by atoms with Crippen molar-refractivity contribution in [3.05, 3.63) is 90.9 Å². The molecule has 0 fully saturated rings. The molecule has 5 heteroatoms. The molecule has 136 valence electrons. The standard InChI is InChI=1S/C23H12Br2O3/c24-13-1-3-15-16-4-2-14(25)8-20(16)23(19(15)7-13)9-11-5-17-18(6-12(11)10-23)22(27)28-21(17)26/h1-8H,9-10H2. The van der Waals surface area contributed by atoms with Gasteiger partial charge in [-0.3, -0.25) is 0 Å². The van der Waals surface area contributed by atoms with Gasteiger partial charge in [0.2, 0.25) is 0 Å². The van der Waals surface area contributed by atoms with Gasteiger partial charge in [-0.1, -0.05) is 44.0 Å². The van der Waals surface area contributed by atoms with Crippen LogP contribution in [0.4, 0.5) is 0 Å². The van der Waals surface area contributed by atoms with E-state index in [9.17, 15) is 9.59 Å². The predicted molar refractivity (Wildman–Crippen MR) is 112 cm³/mol. The number of hydrogen-bond acceptors (Lipinski definition) is 3. The molecule has 0 saturated heterocycles. The van der Waals surface area contributed by atoms with Crippen molar-refractivity contribution in [2.45, 2.75) is 18.3 Å². The molecule has 6 rings (SSSR count). The highest BCUT2D eigenvalue weighted by Gasteiger charge is 2.48. The molecule has 1 aliphatic heterocycles. The summed E-state index contributed by atoms with van der Waals surface area (Å²) in [5.74, 6) is -1.08. The summed E-state index contributed by atoms with van der Waals surface area (Å²) in [4.78, 5) is 24.0. The minimum atomic E-state index is -0.540. The Morgan fingerprint density at radius 1 is 0.679 bits per heavy atom. The molecule has 3 aromatic carbocycles. The fourth-order valence-electron chi connectivity index (χ4n) is 5.08. The van der Waals surface area contributed by atoms with Gasteiger partial charge in [0.05, 0.1) is 11.1 Å². The van der Waals surface area contributed by atoms with E-state index >= 15 is 0 Å². The minimum absolute atomic E-state index is 0.192. The number of rotatable bonds is 0. The molecule has 1 spiro atoms. The van der Waals surface area contributed by atoms with E-state index in [1.54, 1.807) is 0 Å². The van der Waals surface area contributed by atoms with Gasteiger partial charge in [0.25, 0.3) is 0 Å². The molecule has 0 N–H and O–H groups in total. The van der Waals surface area contributed by atoms with Gasteiger partial charge in [0, 0.05) is 14.4 Å². The predicted octanol–water partition coefficient (Wildman–Crippen LogP) is 5.59. The van der Waals surface area contributed by atoms with E-state index in [1.807, 2.05) is 12.1 Å². The first-order valence-corrected chi connectivity index (χ1v) is 10.6. The normalized spacial score (nSPS) is 17.4. The Labute approximate surface area is 178 Å². The summed E-state index contributed by atoms with van der Waals surface area (Å²) in [5.41, 5.74) is 7.91. The number of carbonyl (C=O) groups is 2. The maximum Gasteiger partial charge on any atom is 0.346 e. The number of carbonyl (C=O) groups excluding carboxylic acids is 2. The molecular weight excluding hydrogens is 484 g/mol. The summed E-state index contributed by atoms with van der Waals surface area (Å²) < 4.78 is 6.88. The SMILES string of the molecule is O=C1OC(=O)c2cc3c(cc21)CC1(C3)c2cc(Br)ccc2-c2ccc(Br)cc21. The van der Waals surface area contributed by atoms with Crippen molar-refractivity contribution < 1.29 is 14.3 Å². The summed E-state index contributed by atoms with van der Waals surface area (Å²) in [6.07, 6.45) is 1.59. The Kier molecular flexibility index (Phi) is 3.23. The number of esters is 2. The summed E-state index contributed by atoms with van der Waals surface area (Å²) in [6, 6.07) is 16.6. The molecule has 0 radical (unpaired) electrons. The van der Waals surface area contributed by atoms with Gasteiger partial charge in [-0.2, -0.15) is 0 Å². The number of halogens is 2. The van der Waals surface area contributed by atoms with Crippen LogP contribution in [0.5, 0.6) is 0 Å². The zero-order valence-electron chi connectivity index (χ0n) is 14.5. The van der Waals surface area contributed by atoms with Crippen LogP contribution in [0.1, 0.15) is 43.0 Å². The van der Waals surface area contributed by atoms with Gasteiger partial charge in [-0.25, -0.2) is 9.59 Å². The topological polar surface area (TPSA) is 43.4 Å². The Hall–Kier alpha value is -2.24. The van der Waals surface area contributed by atoms with Crippen molar-refractivity contribution in [1.29, 1.82) is 0 Å². The molecule has 1 heterocycles. The van der Waals surface area contributed by atoms with Crippen molar-refractivity contribution in [3.63, 3.8) is 0 Å². The second-order valence-electron chi connectivity index (χ2n) is 7.66. The number of hydrogen-bond donors (Lipinski definition) is 0. The Bertz CT molecular complexity index is 1160. The third-order valence-corrected chi connectivity index (χ3v) is 7.22. The van der Waals surface area contributed by atoms with Crippen LogP contribution in [0.2, 0.25) is 0 Å². The van der Waals surface area contributed by atoms with Crippen LogP contribution in [0.3, 0.4) is 0 Å². The molecule has 0 aromatic heterocycles. The Morgan fingerprint density at radius 3 is 1.61 bits per heavy atom. The van der Waals surface area contributed by atoms with E-state index in [-0.39, 0.29) is 5.41 Å². The molecule has 0 saturated carbocycles. The third kappa shape index (κ3) is 2.04. The molecule has 0 atom stereocenters. The first kappa shape index (κ1) is 16.7. The van der Waals surface area contributed by atoms with Gasteiger partial charge >= 0.3 is 11.9 Å². The molecule has 3 nitrogen and oxygen atoms in total. The number of ether oxygens (including phenoxy) is 1. The number of fused-ring (bicyclic) bond motifs is 7. The molecule has 0 amide bonds. The molecule has 0 unspecified atom stereocenters. The van der Waals surface area contributed by atoms with Gasteiger partial charge in [0.15, 0.2) is 0 Å². The molecule has 3 aromatic rings. The number of benzene rings is 3. The largest absolute Gasteiger partial charge is 0.386 e. The van der Waals surface area contributed by atoms with E-state index in [0.29, 0.717) is 11.1 Å². The lowest BCUT2D eigenvalue weighted by Gasteiger charge is -2.27. The van der Waals surface area contributed by atoms with E-state index < -0.39 is 11.9 Å². The quantitative estimate of drug-likeness (QED) is 0.301. The number of cyclic esters (lactones) is 2. The molecule has 3 aliphatic rings. The summed E-state index contributed by atoms with van der Waals surface area (Å²) in [6.45, 7) is 0. The Morgan fingerprint density at radius 2 is 1.14 bits per heavy atom. The van der Waals surface area contributed by atoms with Crippen molar-refractivity contribution in [2.24, 2.45) is 0 Å². The van der Waals surface area contributed by atoms with Gasteiger partial charge in [0.1, 0.15) is 0 Å². The smallest absolute Gasteiger partial charge is 0.346 e. The van der Waals surface area contributed by atoms with Crippen LogP contribution < -0.4 is 0 Å². The van der Waals surface area contributed by atoms with Crippen molar-refractivity contribution in [1.82, 2.24) is 0 Å². The zero-order valence-corrected chi connectivity index (χ0v) is 17.7. The minimum Gasteiger partial charge on any atom is -0.386 e. The highest BCUT2D eigenvalue weighted by molar-refractivity contribution is 9.10. The van der Waals surface area contributed by atoms with E-state index in [1.165, 1.54) is 22.3 Å². The van der Waals surface area contributed by atoms with Crippen LogP contribution in [0.25, 0.3) is 11.1 Å². The lowest BCUT2D eigenvalue weighted by Crippen LogP contribution is -2.25. The van der Waals surface area contributed by atoms with Gasteiger partial charge in [-0.15, -0.1) is 0 Å². The fourth-order valence-corrected chi connectivity index (χ4v) is 5.81. The maximum atomic E-state index is 12.0. The van der Waals surface area contributed by atoms with Crippen LogP contribution in [-0.2, 0) is 23.0 Å². The molecular formula is C23H12Br2O3. The maximum absolute atomic E-state index is 12.0. The highest BCUT2D eigenvalue weighted by Crippen LogP contribution is 2.56. The summed E-state index contributed by atoms with van der Waals surface area (Å²) in [7, 11) is 0. The lowest BCUT2D eigenvalue weighted by molar-refractivity contribution is 0.0443. The molecule has 2 aliphatic carbocycles. The lowest BCUT2D eigenvalue weighted by atomic mass is 9.75. The van der Waals surface area contributed by atoms with E-state index in [4.69, 9.17) is 4.74 Å². The first-order chi connectivity index (χ1) is 13.5. The van der Waals surface area contributed by atoms with Gasteiger partial charge in [-0.05, 0) is 82.6 Å². The average Bonchev–Trinajstić information content (AvgIpc) is 3.26. The fraction of sp³-hybridized carbons (Fsp3) is 0.130. The Balaban J connectivity index is 1.60. The average molecular weight is 496 g/mol. The second kappa shape index (κ2) is 5.43. The highest BCUT2D eigenvalue weighted by atomic mass is 79.9. The summed E-state index contributed by atoms with van der Waals surface area (Å²) >= 11 is 7.27. The summed E-state index contributed by atoms with van der Waals surface area (Å²) in [5, 5.41) is 0. The van der Waals surface area contributed by atoms with Crippen LogP contribution >= 0.6 is 31.9 Å².